The predicted octanol–water partition coefficient (Wildman–Crippen LogP) is 0.358. The molecule has 2 unspecified atom stereocenters. The van der Waals surface area contributed by atoms with Crippen molar-refractivity contribution in [1.29, 1.82) is 0 Å². The number of nitrogens with zero attached hydrogens (tertiary/aromatic N) is 3. The maximum absolute atomic E-state index is 5.85. The highest BCUT2D eigenvalue weighted by atomic mass is 16.5. The van der Waals surface area contributed by atoms with Crippen LogP contribution < -0.4 is 5.73 Å². The largest absolute Gasteiger partial charge is 0.381 e. The SMILES string of the molecule is COC1CCN(Cc2cnn(C)c2)C(CN)C1. The molecule has 1 aliphatic heterocycles. The van der Waals surface area contributed by atoms with Gasteiger partial charge in [0.2, 0.25) is 0 Å². The Bertz CT molecular complexity index is 352. The van der Waals surface area contributed by atoms with Crippen LogP contribution >= 0.6 is 0 Å². The summed E-state index contributed by atoms with van der Waals surface area (Å²) in [6, 6.07) is 0.425. The molecule has 1 fully saturated rings. The molecule has 0 saturated carbocycles. The standard InChI is InChI=1S/C12H22N4O/c1-15-8-10(7-14-15)9-16-4-3-12(17-2)5-11(16)6-13/h7-8,11-12H,3-6,9,13H2,1-2H3. The fourth-order valence-corrected chi connectivity index (χ4v) is 2.52. The minimum absolute atomic E-state index is 0.369. The van der Waals surface area contributed by atoms with Crippen LogP contribution in [0.1, 0.15) is 18.4 Å². The number of methoxy groups -OCH3 is 1. The quantitative estimate of drug-likeness (QED) is 0.823. The van der Waals surface area contributed by atoms with E-state index in [2.05, 4.69) is 16.2 Å². The molecule has 1 saturated heterocycles. The minimum atomic E-state index is 0.369. The van der Waals surface area contributed by atoms with Crippen LogP contribution in [-0.4, -0.2) is 47.0 Å². The maximum Gasteiger partial charge on any atom is 0.0599 e. The summed E-state index contributed by atoms with van der Waals surface area (Å²) < 4.78 is 7.27. The van der Waals surface area contributed by atoms with E-state index in [1.165, 1.54) is 5.56 Å². The van der Waals surface area contributed by atoms with Gasteiger partial charge in [0.15, 0.2) is 0 Å². The molecule has 2 atom stereocenters. The van der Waals surface area contributed by atoms with Gasteiger partial charge in [0.1, 0.15) is 0 Å². The first-order chi connectivity index (χ1) is 8.22. The van der Waals surface area contributed by atoms with E-state index in [1.807, 2.05) is 17.9 Å². The average Bonchev–Trinajstić information content (AvgIpc) is 2.75. The summed E-state index contributed by atoms with van der Waals surface area (Å²) in [5.74, 6) is 0. The van der Waals surface area contributed by atoms with E-state index in [4.69, 9.17) is 10.5 Å². The molecule has 0 amide bonds. The fraction of sp³-hybridized carbons (Fsp3) is 0.750. The second kappa shape index (κ2) is 5.62. The molecule has 0 spiro atoms. The highest BCUT2D eigenvalue weighted by Crippen LogP contribution is 2.21. The van der Waals surface area contributed by atoms with Gasteiger partial charge in [-0.05, 0) is 12.8 Å². The lowest BCUT2D eigenvalue weighted by Crippen LogP contribution is -2.47. The first-order valence-electron chi connectivity index (χ1n) is 6.17. The van der Waals surface area contributed by atoms with Crippen molar-refractivity contribution < 1.29 is 4.74 Å². The van der Waals surface area contributed by atoms with Crippen molar-refractivity contribution >= 4 is 0 Å². The lowest BCUT2D eigenvalue weighted by Gasteiger charge is -2.38. The van der Waals surface area contributed by atoms with Crippen LogP contribution in [0.2, 0.25) is 0 Å². The molecule has 17 heavy (non-hydrogen) atoms. The summed E-state index contributed by atoms with van der Waals surface area (Å²) in [5, 5.41) is 4.20. The molecule has 0 radical (unpaired) electrons. The third kappa shape index (κ3) is 3.06. The normalized spacial score (nSPS) is 26.3. The van der Waals surface area contributed by atoms with E-state index < -0.39 is 0 Å². The van der Waals surface area contributed by atoms with Crippen molar-refractivity contribution in [3.05, 3.63) is 18.0 Å². The van der Waals surface area contributed by atoms with Gasteiger partial charge in [-0.3, -0.25) is 9.58 Å². The molecule has 0 aromatic carbocycles. The van der Waals surface area contributed by atoms with E-state index in [9.17, 15) is 0 Å². The van der Waals surface area contributed by atoms with Crippen molar-refractivity contribution in [1.82, 2.24) is 14.7 Å². The van der Waals surface area contributed by atoms with E-state index >= 15 is 0 Å². The number of hydrogen-bond donors (Lipinski definition) is 1. The summed E-state index contributed by atoms with van der Waals surface area (Å²) >= 11 is 0. The summed E-state index contributed by atoms with van der Waals surface area (Å²) in [5.41, 5.74) is 7.10. The van der Waals surface area contributed by atoms with Gasteiger partial charge in [-0.2, -0.15) is 5.10 Å². The van der Waals surface area contributed by atoms with Crippen molar-refractivity contribution in [2.24, 2.45) is 12.8 Å². The van der Waals surface area contributed by atoms with Crippen molar-refractivity contribution in [3.8, 4) is 0 Å². The Morgan fingerprint density at radius 3 is 3.00 bits per heavy atom. The van der Waals surface area contributed by atoms with Gasteiger partial charge in [0.25, 0.3) is 0 Å². The monoisotopic (exact) mass is 238 g/mol. The van der Waals surface area contributed by atoms with Crippen molar-refractivity contribution in [2.75, 3.05) is 20.2 Å². The average molecular weight is 238 g/mol. The molecule has 2 N–H and O–H groups in total. The number of nitrogens with two attached hydrogens (primary N) is 1. The predicted molar refractivity (Wildman–Crippen MR) is 66.5 cm³/mol. The molecule has 5 heteroatoms. The first-order valence-corrected chi connectivity index (χ1v) is 6.17. The van der Waals surface area contributed by atoms with Crippen molar-refractivity contribution in [3.63, 3.8) is 0 Å². The Labute approximate surface area is 103 Å². The summed E-state index contributed by atoms with van der Waals surface area (Å²) in [7, 11) is 3.73. The van der Waals surface area contributed by atoms with Gasteiger partial charge in [0.05, 0.1) is 12.3 Å². The zero-order valence-electron chi connectivity index (χ0n) is 10.7. The Kier molecular flexibility index (Phi) is 4.15. The molecule has 0 bridgehead atoms. The number of likely N-dealkylation sites (tertiary alicyclic amines) is 1. The van der Waals surface area contributed by atoms with Crippen LogP contribution in [-0.2, 0) is 18.3 Å². The van der Waals surface area contributed by atoms with Crippen LogP contribution in [0.5, 0.6) is 0 Å². The van der Waals surface area contributed by atoms with Crippen LogP contribution in [0.25, 0.3) is 0 Å². The lowest BCUT2D eigenvalue weighted by atomic mass is 9.99. The van der Waals surface area contributed by atoms with Gasteiger partial charge in [-0.1, -0.05) is 0 Å². The third-order valence-corrected chi connectivity index (χ3v) is 3.54. The number of ether oxygens (including phenoxy) is 1. The van der Waals surface area contributed by atoms with E-state index in [0.29, 0.717) is 18.7 Å². The zero-order valence-corrected chi connectivity index (χ0v) is 10.7. The summed E-state index contributed by atoms with van der Waals surface area (Å²) in [6.07, 6.45) is 6.49. The van der Waals surface area contributed by atoms with E-state index in [-0.39, 0.29) is 0 Å². The Balaban J connectivity index is 1.95. The van der Waals surface area contributed by atoms with Gasteiger partial charge >= 0.3 is 0 Å². The molecule has 5 nitrogen and oxygen atoms in total. The number of aromatic nitrogens is 2. The van der Waals surface area contributed by atoms with Gasteiger partial charge < -0.3 is 10.5 Å². The van der Waals surface area contributed by atoms with Gasteiger partial charge in [0, 0.05) is 51.6 Å². The molecule has 1 aromatic heterocycles. The second-order valence-corrected chi connectivity index (χ2v) is 4.76. The Morgan fingerprint density at radius 2 is 2.41 bits per heavy atom. The Morgan fingerprint density at radius 1 is 1.59 bits per heavy atom. The smallest absolute Gasteiger partial charge is 0.0599 e. The van der Waals surface area contributed by atoms with Gasteiger partial charge in [-0.25, -0.2) is 0 Å². The number of aryl methyl sites for hydroxylation is 1. The number of hydrogen-bond acceptors (Lipinski definition) is 4. The molecule has 1 aromatic rings. The van der Waals surface area contributed by atoms with Crippen molar-refractivity contribution in [2.45, 2.75) is 31.5 Å². The zero-order chi connectivity index (χ0) is 12.3. The van der Waals surface area contributed by atoms with Crippen LogP contribution in [0.4, 0.5) is 0 Å². The lowest BCUT2D eigenvalue weighted by molar-refractivity contribution is 0.0102. The molecule has 96 valence electrons. The third-order valence-electron chi connectivity index (χ3n) is 3.54. The van der Waals surface area contributed by atoms with Gasteiger partial charge in [-0.15, -0.1) is 0 Å². The minimum Gasteiger partial charge on any atom is -0.381 e. The Hall–Kier alpha value is -0.910. The molecule has 1 aliphatic rings. The topological polar surface area (TPSA) is 56.3 Å². The summed E-state index contributed by atoms with van der Waals surface area (Å²) in [6.45, 7) is 2.68. The van der Waals surface area contributed by atoms with Crippen LogP contribution in [0.15, 0.2) is 12.4 Å². The summed E-state index contributed by atoms with van der Waals surface area (Å²) in [4.78, 5) is 2.44. The second-order valence-electron chi connectivity index (χ2n) is 4.76. The van der Waals surface area contributed by atoms with E-state index in [1.54, 1.807) is 7.11 Å². The van der Waals surface area contributed by atoms with Crippen LogP contribution in [0, 0.1) is 0 Å². The number of rotatable bonds is 4. The maximum atomic E-state index is 5.85. The molecule has 2 rings (SSSR count). The number of piperidine rings is 1. The fourth-order valence-electron chi connectivity index (χ4n) is 2.52. The molecular formula is C12H22N4O. The van der Waals surface area contributed by atoms with E-state index in [0.717, 1.165) is 25.9 Å². The van der Waals surface area contributed by atoms with Crippen LogP contribution in [0.3, 0.4) is 0 Å². The molecule has 2 heterocycles. The highest BCUT2D eigenvalue weighted by Gasteiger charge is 2.27. The molecular weight excluding hydrogens is 216 g/mol. The first kappa shape index (κ1) is 12.5. The highest BCUT2D eigenvalue weighted by molar-refractivity contribution is 5.04. The molecule has 0 aliphatic carbocycles.